The van der Waals surface area contributed by atoms with E-state index < -0.39 is 36.5 Å². The van der Waals surface area contributed by atoms with E-state index in [1.165, 1.54) is 60.9 Å². The minimum atomic E-state index is -3.15. The third-order valence-corrected chi connectivity index (χ3v) is 10.3. The van der Waals surface area contributed by atoms with E-state index in [1.807, 2.05) is 0 Å². The number of benzene rings is 3. The number of hydrogen-bond acceptors (Lipinski definition) is 7. The lowest BCUT2D eigenvalue weighted by atomic mass is 9.80. The lowest BCUT2D eigenvalue weighted by molar-refractivity contribution is -0.904. The molecular weight excluding hydrogens is 738 g/mol. The molecule has 0 saturated carbocycles. The zero-order valence-electron chi connectivity index (χ0n) is 28.6. The van der Waals surface area contributed by atoms with E-state index in [0.29, 0.717) is 28.0 Å². The summed E-state index contributed by atoms with van der Waals surface area (Å²) < 4.78 is 59.3. The van der Waals surface area contributed by atoms with Crippen LogP contribution in [0, 0.1) is 11.7 Å². The Morgan fingerprint density at radius 3 is 2.36 bits per heavy atom. The Hall–Kier alpha value is -4.72. The Kier molecular flexibility index (Phi) is 11.9. The van der Waals surface area contributed by atoms with Crippen molar-refractivity contribution in [2.45, 2.75) is 51.4 Å². The van der Waals surface area contributed by atoms with E-state index in [2.05, 4.69) is 4.90 Å². The predicted octanol–water partition coefficient (Wildman–Crippen LogP) is 7.97. The summed E-state index contributed by atoms with van der Waals surface area (Å²) in [5.74, 6) is -3.05. The zero-order chi connectivity index (χ0) is 37.8. The Morgan fingerprint density at radius 2 is 1.74 bits per heavy atom. The maximum atomic E-state index is 15.5. The van der Waals surface area contributed by atoms with Gasteiger partial charge in [0, 0.05) is 22.8 Å². The van der Waals surface area contributed by atoms with Crippen molar-refractivity contribution < 1.29 is 52.0 Å². The van der Waals surface area contributed by atoms with Gasteiger partial charge in [-0.2, -0.15) is 8.78 Å². The number of anilines is 1. The van der Waals surface area contributed by atoms with E-state index in [1.54, 1.807) is 19.1 Å². The van der Waals surface area contributed by atoms with Gasteiger partial charge >= 0.3 is 18.7 Å². The van der Waals surface area contributed by atoms with E-state index >= 15 is 4.39 Å². The van der Waals surface area contributed by atoms with Crippen LogP contribution in [0.3, 0.4) is 0 Å². The summed E-state index contributed by atoms with van der Waals surface area (Å²) in [4.78, 5) is 30.5. The number of pyridine rings is 1. The average Bonchev–Trinajstić information content (AvgIpc) is 3.12. The van der Waals surface area contributed by atoms with Crippen LogP contribution in [-0.4, -0.2) is 66.2 Å². The number of piperidine rings is 3. The van der Waals surface area contributed by atoms with Gasteiger partial charge in [-0.25, -0.2) is 14.0 Å². The van der Waals surface area contributed by atoms with Gasteiger partial charge < -0.3 is 19.3 Å². The lowest BCUT2D eigenvalue weighted by Gasteiger charge is -2.44. The van der Waals surface area contributed by atoms with Crippen LogP contribution in [0.15, 0.2) is 73.1 Å². The average molecular weight is 776 g/mol. The third-order valence-electron chi connectivity index (χ3n) is 9.68. The SMILES string of the molecule is CCOc1cc([C@H](Cc2c(Cl)c[n+](O)cc2Cl)c2c(CN(C(=O)O[C@H]3CN4CCC3CC4)c3ccccc3F)cccc2C(=O)O)ccc1OC(F)F. The number of fused-ring (bicyclic) bond motifs is 3. The van der Waals surface area contributed by atoms with Gasteiger partial charge in [-0.3, -0.25) is 15.0 Å². The highest BCUT2D eigenvalue weighted by Gasteiger charge is 2.38. The number of carbonyl (C=O) groups is 2. The van der Waals surface area contributed by atoms with E-state index in [0.717, 1.165) is 30.8 Å². The molecule has 2 N–H and O–H groups in total. The van der Waals surface area contributed by atoms with Crippen molar-refractivity contribution in [1.29, 1.82) is 0 Å². The fraction of sp³-hybridized carbons (Fsp3) is 0.342. The smallest absolute Gasteiger partial charge is 0.415 e. The highest BCUT2D eigenvalue weighted by Crippen LogP contribution is 2.41. The van der Waals surface area contributed by atoms with Crippen LogP contribution >= 0.6 is 23.2 Å². The lowest BCUT2D eigenvalue weighted by Crippen LogP contribution is -2.53. The number of aromatic carboxylic acids is 1. The van der Waals surface area contributed by atoms with Crippen molar-refractivity contribution in [3.63, 3.8) is 0 Å². The summed E-state index contributed by atoms with van der Waals surface area (Å²) in [7, 11) is 0. The third kappa shape index (κ3) is 8.58. The number of alkyl halides is 2. The molecule has 4 aromatic rings. The molecule has 3 aromatic carbocycles. The number of carboxylic acids is 1. The number of nitrogens with zero attached hydrogens (tertiary/aromatic N) is 3. The highest BCUT2D eigenvalue weighted by molar-refractivity contribution is 6.35. The van der Waals surface area contributed by atoms with Gasteiger partial charge in [0.2, 0.25) is 12.4 Å². The summed E-state index contributed by atoms with van der Waals surface area (Å²) in [6.07, 6.45) is 2.88. The van der Waals surface area contributed by atoms with Crippen molar-refractivity contribution in [1.82, 2.24) is 4.90 Å². The first-order valence-corrected chi connectivity index (χ1v) is 17.8. The molecular formula is C38H37Cl2F3N3O7+. The number of para-hydroxylation sites is 1. The number of hydrogen-bond donors (Lipinski definition) is 2. The fourth-order valence-corrected chi connectivity index (χ4v) is 7.81. The van der Waals surface area contributed by atoms with E-state index in [4.69, 9.17) is 37.4 Å². The summed E-state index contributed by atoms with van der Waals surface area (Å²) in [6, 6.07) is 14.5. The number of carbonyl (C=O) groups excluding carboxylic acids is 1. The second-order valence-corrected chi connectivity index (χ2v) is 13.7. The Balaban J connectivity index is 1.50. The molecule has 53 heavy (non-hydrogen) atoms. The van der Waals surface area contributed by atoms with Crippen LogP contribution in [0.2, 0.25) is 10.0 Å². The number of amides is 1. The van der Waals surface area contributed by atoms with Gasteiger partial charge in [-0.1, -0.05) is 53.5 Å². The summed E-state index contributed by atoms with van der Waals surface area (Å²) >= 11 is 13.2. The van der Waals surface area contributed by atoms with Crippen molar-refractivity contribution in [2.24, 2.45) is 5.92 Å². The normalized spacial score (nSPS) is 18.4. The number of rotatable bonds is 13. The highest BCUT2D eigenvalue weighted by atomic mass is 35.5. The Labute approximate surface area is 313 Å². The molecule has 10 nitrogen and oxygen atoms in total. The maximum Gasteiger partial charge on any atom is 0.415 e. The van der Waals surface area contributed by atoms with Crippen LogP contribution in [0.25, 0.3) is 0 Å². The van der Waals surface area contributed by atoms with Gasteiger partial charge in [0.05, 0.1) is 24.4 Å². The quantitative estimate of drug-likeness (QED) is 0.104. The molecule has 0 aliphatic carbocycles. The summed E-state index contributed by atoms with van der Waals surface area (Å²) in [6.45, 7) is 0.680. The first-order chi connectivity index (χ1) is 25.4. The number of carboxylic acid groups (broad SMARTS) is 1. The standard InChI is InChI=1S/C38H36Cl2F3N3O7/c1-2-51-33-16-23(10-11-32(33)52-37(42)43)26(17-27-28(39)19-45(50)20-29(27)40)35-24(6-5-7-25(35)36(47)48)18-46(31-9-4-3-8-30(31)41)38(49)53-34-21-44-14-12-22(34)13-15-44/h3-11,16,19-20,22,26,34,37H,2,12-15,17-18,21H2,1H3,(H-,47,48,50)/p+1/t26-,34-/m0/s1. The molecule has 3 saturated heterocycles. The minimum Gasteiger partial charge on any atom is -0.490 e. The Bertz CT molecular complexity index is 1960. The molecule has 1 amide bonds. The molecule has 3 aliphatic rings. The van der Waals surface area contributed by atoms with E-state index in [-0.39, 0.29) is 63.8 Å². The summed E-state index contributed by atoms with van der Waals surface area (Å²) in [5.41, 5.74) is 1.01. The number of halogens is 5. The van der Waals surface area contributed by atoms with Gasteiger partial charge in [0.1, 0.15) is 22.0 Å². The molecule has 2 atom stereocenters. The van der Waals surface area contributed by atoms with Crippen molar-refractivity contribution >= 4 is 41.0 Å². The number of ether oxygens (including phenoxy) is 3. The molecule has 0 spiro atoms. The molecule has 7 rings (SSSR count). The van der Waals surface area contributed by atoms with Crippen LogP contribution < -0.4 is 19.1 Å². The fourth-order valence-electron chi connectivity index (χ4n) is 7.20. The van der Waals surface area contributed by atoms with E-state index in [9.17, 15) is 28.7 Å². The van der Waals surface area contributed by atoms with Crippen molar-refractivity contribution in [2.75, 3.05) is 31.1 Å². The second-order valence-electron chi connectivity index (χ2n) is 12.9. The van der Waals surface area contributed by atoms with Crippen LogP contribution in [-0.2, 0) is 17.7 Å². The van der Waals surface area contributed by atoms with Gasteiger partial charge in [0.25, 0.3) is 0 Å². The number of aromatic nitrogens is 1. The maximum absolute atomic E-state index is 15.5. The predicted molar refractivity (Wildman–Crippen MR) is 189 cm³/mol. The molecule has 0 unspecified atom stereocenters. The first-order valence-electron chi connectivity index (χ1n) is 17.0. The first kappa shape index (κ1) is 38.0. The molecule has 15 heteroatoms. The molecule has 2 bridgehead atoms. The molecule has 280 valence electrons. The molecule has 3 fully saturated rings. The van der Waals surface area contributed by atoms with Gasteiger partial charge in [0.15, 0.2) is 11.5 Å². The van der Waals surface area contributed by atoms with Crippen LogP contribution in [0.4, 0.5) is 23.7 Å². The molecule has 0 radical (unpaired) electrons. The zero-order valence-corrected chi connectivity index (χ0v) is 30.1. The van der Waals surface area contributed by atoms with Gasteiger partial charge in [-0.15, -0.1) is 0 Å². The van der Waals surface area contributed by atoms with Crippen molar-refractivity contribution in [3.05, 3.63) is 117 Å². The minimum absolute atomic E-state index is 0.0304. The van der Waals surface area contributed by atoms with Crippen LogP contribution in [0.1, 0.15) is 58.3 Å². The summed E-state index contributed by atoms with van der Waals surface area (Å²) in [5, 5.41) is 20.8. The topological polar surface area (TPSA) is 113 Å². The second kappa shape index (κ2) is 16.5. The van der Waals surface area contributed by atoms with Gasteiger partial charge in [-0.05, 0) is 92.2 Å². The Morgan fingerprint density at radius 1 is 1.02 bits per heavy atom. The van der Waals surface area contributed by atoms with Crippen LogP contribution in [0.5, 0.6) is 11.5 Å². The molecule has 4 heterocycles. The largest absolute Gasteiger partial charge is 0.490 e. The van der Waals surface area contributed by atoms with Crippen molar-refractivity contribution in [3.8, 4) is 11.5 Å². The monoisotopic (exact) mass is 774 g/mol. The molecule has 1 aromatic heterocycles. The molecule has 3 aliphatic heterocycles.